The Hall–Kier alpha value is -1.90. The van der Waals surface area contributed by atoms with E-state index in [-0.39, 0.29) is 17.5 Å². The summed E-state index contributed by atoms with van der Waals surface area (Å²) in [6, 6.07) is 4.95. The quantitative estimate of drug-likeness (QED) is 0.571. The lowest BCUT2D eigenvalue weighted by atomic mass is 9.94. The van der Waals surface area contributed by atoms with Gasteiger partial charge in [-0.2, -0.15) is 0 Å². The van der Waals surface area contributed by atoms with Crippen LogP contribution in [-0.2, 0) is 0 Å². The first-order chi connectivity index (χ1) is 8.47. The average Bonchev–Trinajstić information content (AvgIpc) is 2.34. The van der Waals surface area contributed by atoms with Crippen LogP contribution in [0.3, 0.4) is 0 Å². The summed E-state index contributed by atoms with van der Waals surface area (Å²) in [7, 11) is 0. The summed E-state index contributed by atoms with van der Waals surface area (Å²) in [6.45, 7) is 9.00. The first kappa shape index (κ1) is 14.2. The molecule has 0 aromatic heterocycles. The molecule has 1 aromatic carbocycles. The molecule has 0 N–H and O–H groups in total. The fraction of sp³-hybridized carbons (Fsp3) is 0.333. The lowest BCUT2D eigenvalue weighted by molar-refractivity contribution is 0.0926. The fourth-order valence-corrected chi connectivity index (χ4v) is 1.59. The van der Waals surface area contributed by atoms with Gasteiger partial charge < -0.3 is 4.74 Å². The summed E-state index contributed by atoms with van der Waals surface area (Å²) < 4.78 is 5.38. The van der Waals surface area contributed by atoms with Crippen molar-refractivity contribution in [1.29, 1.82) is 0 Å². The van der Waals surface area contributed by atoms with Gasteiger partial charge in [-0.05, 0) is 25.1 Å². The van der Waals surface area contributed by atoms with Gasteiger partial charge in [0.25, 0.3) is 0 Å². The molecular weight excluding hydrogens is 228 g/mol. The third-order valence-electron chi connectivity index (χ3n) is 2.53. The van der Waals surface area contributed by atoms with Crippen molar-refractivity contribution in [3.05, 3.63) is 42.0 Å². The molecule has 0 fully saturated rings. The van der Waals surface area contributed by atoms with Gasteiger partial charge in [-0.1, -0.05) is 26.5 Å². The summed E-state index contributed by atoms with van der Waals surface area (Å²) in [5, 5.41) is 0. The normalized spacial score (nSPS) is 10.2. The maximum atomic E-state index is 12.1. The minimum Gasteiger partial charge on any atom is -0.490 e. The molecule has 0 radical (unpaired) electrons. The van der Waals surface area contributed by atoms with Crippen LogP contribution in [0.5, 0.6) is 5.75 Å². The Bertz CT molecular complexity index is 473. The third-order valence-corrected chi connectivity index (χ3v) is 2.53. The molecule has 0 bridgehead atoms. The predicted molar refractivity (Wildman–Crippen MR) is 71.3 cm³/mol. The van der Waals surface area contributed by atoms with Crippen molar-refractivity contribution >= 4 is 11.6 Å². The Balaban J connectivity index is 3.19. The van der Waals surface area contributed by atoms with Crippen LogP contribution in [0.4, 0.5) is 0 Å². The van der Waals surface area contributed by atoms with Gasteiger partial charge in [0.2, 0.25) is 0 Å². The Morgan fingerprint density at radius 1 is 1.33 bits per heavy atom. The van der Waals surface area contributed by atoms with E-state index in [1.807, 2.05) is 13.8 Å². The zero-order chi connectivity index (χ0) is 13.7. The van der Waals surface area contributed by atoms with E-state index in [9.17, 15) is 9.59 Å². The topological polar surface area (TPSA) is 43.4 Å². The highest BCUT2D eigenvalue weighted by molar-refractivity contribution is 6.08. The Kier molecular flexibility index (Phi) is 4.84. The van der Waals surface area contributed by atoms with Gasteiger partial charge in [-0.15, -0.1) is 0 Å². The Labute approximate surface area is 107 Å². The lowest BCUT2D eigenvalue weighted by Crippen LogP contribution is -2.13. The number of ketones is 2. The third kappa shape index (κ3) is 3.29. The molecule has 0 amide bonds. The predicted octanol–water partition coefficient (Wildman–Crippen LogP) is 3.29. The van der Waals surface area contributed by atoms with Gasteiger partial charge in [0, 0.05) is 17.0 Å². The molecule has 0 saturated heterocycles. The number of benzene rings is 1. The van der Waals surface area contributed by atoms with Crippen LogP contribution in [0, 0.1) is 5.92 Å². The SMILES string of the molecule is C=CCOc1ccc(C(C)=O)c(C(=O)C(C)C)c1. The van der Waals surface area contributed by atoms with Crippen LogP contribution in [0.25, 0.3) is 0 Å². The second-order valence-corrected chi connectivity index (χ2v) is 4.38. The number of carbonyl (C=O) groups is 2. The molecule has 96 valence electrons. The molecule has 0 aliphatic carbocycles. The highest BCUT2D eigenvalue weighted by Gasteiger charge is 2.18. The maximum Gasteiger partial charge on any atom is 0.166 e. The molecule has 1 rings (SSSR count). The Morgan fingerprint density at radius 2 is 2.00 bits per heavy atom. The van der Waals surface area contributed by atoms with Gasteiger partial charge >= 0.3 is 0 Å². The monoisotopic (exact) mass is 246 g/mol. The summed E-state index contributed by atoms with van der Waals surface area (Å²) in [5.41, 5.74) is 0.874. The van der Waals surface area contributed by atoms with Gasteiger partial charge in [0.05, 0.1) is 0 Å². The second kappa shape index (κ2) is 6.15. The number of Topliss-reactive ketones (excluding diaryl/α,β-unsaturated/α-hetero) is 2. The van der Waals surface area contributed by atoms with Crippen molar-refractivity contribution in [2.75, 3.05) is 6.61 Å². The Morgan fingerprint density at radius 3 is 2.50 bits per heavy atom. The highest BCUT2D eigenvalue weighted by Crippen LogP contribution is 2.21. The van der Waals surface area contributed by atoms with E-state index in [4.69, 9.17) is 4.74 Å². The number of hydrogen-bond acceptors (Lipinski definition) is 3. The summed E-state index contributed by atoms with van der Waals surface area (Å²) in [4.78, 5) is 23.6. The fourth-order valence-electron chi connectivity index (χ4n) is 1.59. The molecule has 0 aliphatic heterocycles. The van der Waals surface area contributed by atoms with Crippen LogP contribution < -0.4 is 4.74 Å². The van der Waals surface area contributed by atoms with Crippen molar-refractivity contribution in [3.63, 3.8) is 0 Å². The van der Waals surface area contributed by atoms with E-state index in [1.54, 1.807) is 24.3 Å². The van der Waals surface area contributed by atoms with Crippen LogP contribution in [0.15, 0.2) is 30.9 Å². The van der Waals surface area contributed by atoms with Crippen LogP contribution in [0.1, 0.15) is 41.5 Å². The van der Waals surface area contributed by atoms with Crippen molar-refractivity contribution in [1.82, 2.24) is 0 Å². The van der Waals surface area contributed by atoms with Gasteiger partial charge in [0.1, 0.15) is 12.4 Å². The van der Waals surface area contributed by atoms with Gasteiger partial charge in [-0.25, -0.2) is 0 Å². The lowest BCUT2D eigenvalue weighted by Gasteiger charge is -2.11. The first-order valence-corrected chi connectivity index (χ1v) is 5.90. The van der Waals surface area contributed by atoms with Crippen molar-refractivity contribution in [2.45, 2.75) is 20.8 Å². The second-order valence-electron chi connectivity index (χ2n) is 4.38. The molecule has 1 aromatic rings. The minimum atomic E-state index is -0.155. The highest BCUT2D eigenvalue weighted by atomic mass is 16.5. The molecule has 0 unspecified atom stereocenters. The van der Waals surface area contributed by atoms with E-state index in [0.29, 0.717) is 23.5 Å². The summed E-state index contributed by atoms with van der Waals surface area (Å²) >= 11 is 0. The minimum absolute atomic E-state index is 0.0516. The molecule has 0 aliphatic rings. The summed E-state index contributed by atoms with van der Waals surface area (Å²) in [6.07, 6.45) is 1.63. The number of ether oxygens (including phenoxy) is 1. The van der Waals surface area contributed by atoms with Crippen molar-refractivity contribution < 1.29 is 14.3 Å². The molecule has 0 saturated carbocycles. The summed E-state index contributed by atoms with van der Waals surface area (Å²) in [5.74, 6) is 0.250. The van der Waals surface area contributed by atoms with E-state index < -0.39 is 0 Å². The van der Waals surface area contributed by atoms with E-state index in [1.165, 1.54) is 6.92 Å². The maximum absolute atomic E-state index is 12.1. The smallest absolute Gasteiger partial charge is 0.166 e. The van der Waals surface area contributed by atoms with Crippen molar-refractivity contribution in [3.8, 4) is 5.75 Å². The van der Waals surface area contributed by atoms with E-state index >= 15 is 0 Å². The van der Waals surface area contributed by atoms with Crippen LogP contribution in [-0.4, -0.2) is 18.2 Å². The largest absolute Gasteiger partial charge is 0.490 e. The zero-order valence-electron chi connectivity index (χ0n) is 11.0. The van der Waals surface area contributed by atoms with E-state index in [2.05, 4.69) is 6.58 Å². The number of carbonyl (C=O) groups excluding carboxylic acids is 2. The molecule has 0 spiro atoms. The molecule has 3 heteroatoms. The molecular formula is C15H18O3. The van der Waals surface area contributed by atoms with Gasteiger partial charge in [0.15, 0.2) is 11.6 Å². The number of hydrogen-bond donors (Lipinski definition) is 0. The molecule has 0 heterocycles. The molecule has 0 atom stereocenters. The van der Waals surface area contributed by atoms with Crippen LogP contribution in [0.2, 0.25) is 0 Å². The van der Waals surface area contributed by atoms with Gasteiger partial charge in [-0.3, -0.25) is 9.59 Å². The average molecular weight is 246 g/mol. The van der Waals surface area contributed by atoms with Crippen LogP contribution >= 0.6 is 0 Å². The zero-order valence-corrected chi connectivity index (χ0v) is 11.0. The first-order valence-electron chi connectivity index (χ1n) is 5.90. The molecule has 18 heavy (non-hydrogen) atoms. The molecule has 3 nitrogen and oxygen atoms in total. The number of rotatable bonds is 6. The van der Waals surface area contributed by atoms with Crippen molar-refractivity contribution in [2.24, 2.45) is 5.92 Å². The standard InChI is InChI=1S/C15H18O3/c1-5-8-18-12-6-7-13(11(4)16)14(9-12)15(17)10(2)3/h5-7,9-10H,1,8H2,2-4H3. The van der Waals surface area contributed by atoms with E-state index in [0.717, 1.165) is 0 Å².